The Morgan fingerprint density at radius 2 is 2.12 bits per heavy atom. The number of benzene rings is 1. The van der Waals surface area contributed by atoms with Crippen LogP contribution in [0.3, 0.4) is 0 Å². The number of hydrogen-bond donors (Lipinski definition) is 1. The Morgan fingerprint density at radius 3 is 2.75 bits per heavy atom. The maximum absolute atomic E-state index is 13.2. The van der Waals surface area contributed by atoms with Crippen molar-refractivity contribution in [2.45, 2.75) is 13.8 Å². The Balaban J connectivity index is 2.81. The lowest BCUT2D eigenvalue weighted by Gasteiger charge is -2.08. The predicted octanol–water partition coefficient (Wildman–Crippen LogP) is 2.17. The summed E-state index contributed by atoms with van der Waals surface area (Å²) < 4.78 is 18.6. The second-order valence-electron chi connectivity index (χ2n) is 3.89. The SMILES string of the molecule is CC(C)COc1cc(F)cc(C#CCN)c1. The molecule has 16 heavy (non-hydrogen) atoms. The molecule has 0 unspecified atom stereocenters. The first-order valence-electron chi connectivity index (χ1n) is 5.24. The van der Waals surface area contributed by atoms with E-state index in [1.807, 2.05) is 13.8 Å². The summed E-state index contributed by atoms with van der Waals surface area (Å²) in [6, 6.07) is 4.44. The third-order valence-corrected chi connectivity index (χ3v) is 1.79. The van der Waals surface area contributed by atoms with Gasteiger partial charge in [-0.05, 0) is 18.1 Å². The van der Waals surface area contributed by atoms with Crippen molar-refractivity contribution in [3.05, 3.63) is 29.6 Å². The smallest absolute Gasteiger partial charge is 0.128 e. The van der Waals surface area contributed by atoms with Crippen molar-refractivity contribution in [3.8, 4) is 17.6 Å². The molecule has 1 aromatic carbocycles. The highest BCUT2D eigenvalue weighted by atomic mass is 19.1. The standard InChI is InChI=1S/C13H16FNO/c1-10(2)9-16-13-7-11(4-3-5-15)6-12(14)8-13/h6-8,10H,5,9,15H2,1-2H3. The first-order chi connectivity index (χ1) is 7.61. The maximum atomic E-state index is 13.2. The highest BCUT2D eigenvalue weighted by Gasteiger charge is 2.01. The van der Waals surface area contributed by atoms with Crippen molar-refractivity contribution < 1.29 is 9.13 Å². The monoisotopic (exact) mass is 221 g/mol. The molecule has 0 bridgehead atoms. The molecular formula is C13H16FNO. The van der Waals surface area contributed by atoms with Gasteiger partial charge in [0, 0.05) is 11.6 Å². The van der Waals surface area contributed by atoms with Crippen LogP contribution >= 0.6 is 0 Å². The van der Waals surface area contributed by atoms with E-state index in [2.05, 4.69) is 11.8 Å². The minimum atomic E-state index is -0.345. The molecule has 2 nitrogen and oxygen atoms in total. The lowest BCUT2D eigenvalue weighted by molar-refractivity contribution is 0.270. The van der Waals surface area contributed by atoms with Crippen LogP contribution in [0.15, 0.2) is 18.2 Å². The van der Waals surface area contributed by atoms with E-state index in [1.165, 1.54) is 12.1 Å². The molecule has 1 aromatic rings. The van der Waals surface area contributed by atoms with Gasteiger partial charge in [0.1, 0.15) is 11.6 Å². The fourth-order valence-corrected chi connectivity index (χ4v) is 1.13. The Bertz CT molecular complexity index is 404. The molecule has 0 atom stereocenters. The van der Waals surface area contributed by atoms with Crippen molar-refractivity contribution in [2.75, 3.05) is 13.2 Å². The summed E-state index contributed by atoms with van der Waals surface area (Å²) in [6.07, 6.45) is 0. The van der Waals surface area contributed by atoms with Gasteiger partial charge in [0.25, 0.3) is 0 Å². The molecule has 0 aliphatic carbocycles. The van der Waals surface area contributed by atoms with E-state index in [0.717, 1.165) is 0 Å². The van der Waals surface area contributed by atoms with Gasteiger partial charge in [-0.2, -0.15) is 0 Å². The number of ether oxygens (including phenoxy) is 1. The summed E-state index contributed by atoms with van der Waals surface area (Å²) in [5.41, 5.74) is 5.84. The second-order valence-corrected chi connectivity index (χ2v) is 3.89. The normalized spacial score (nSPS) is 9.81. The third-order valence-electron chi connectivity index (χ3n) is 1.79. The van der Waals surface area contributed by atoms with Gasteiger partial charge in [-0.3, -0.25) is 0 Å². The van der Waals surface area contributed by atoms with Crippen molar-refractivity contribution in [1.82, 2.24) is 0 Å². The van der Waals surface area contributed by atoms with E-state index in [1.54, 1.807) is 6.07 Å². The molecule has 0 aromatic heterocycles. The van der Waals surface area contributed by atoms with E-state index in [9.17, 15) is 4.39 Å². The van der Waals surface area contributed by atoms with E-state index in [4.69, 9.17) is 10.5 Å². The average Bonchev–Trinajstić information content (AvgIpc) is 2.23. The number of rotatable bonds is 3. The highest BCUT2D eigenvalue weighted by molar-refractivity contribution is 5.40. The summed E-state index contributed by atoms with van der Waals surface area (Å²) >= 11 is 0. The molecule has 3 heteroatoms. The molecule has 2 N–H and O–H groups in total. The van der Waals surface area contributed by atoms with Crippen LogP contribution < -0.4 is 10.5 Å². The molecule has 0 aliphatic rings. The molecular weight excluding hydrogens is 205 g/mol. The average molecular weight is 221 g/mol. The quantitative estimate of drug-likeness (QED) is 0.794. The maximum Gasteiger partial charge on any atom is 0.128 e. The molecule has 0 spiro atoms. The fourth-order valence-electron chi connectivity index (χ4n) is 1.13. The minimum Gasteiger partial charge on any atom is -0.493 e. The van der Waals surface area contributed by atoms with Crippen molar-refractivity contribution in [3.63, 3.8) is 0 Å². The summed E-state index contributed by atoms with van der Waals surface area (Å²) in [7, 11) is 0. The lowest BCUT2D eigenvalue weighted by Crippen LogP contribution is -2.04. The van der Waals surface area contributed by atoms with Crippen molar-refractivity contribution >= 4 is 0 Å². The fraction of sp³-hybridized carbons (Fsp3) is 0.385. The summed E-state index contributed by atoms with van der Waals surface area (Å²) in [5, 5.41) is 0. The lowest BCUT2D eigenvalue weighted by atomic mass is 10.2. The van der Waals surface area contributed by atoms with Crippen LogP contribution in [-0.4, -0.2) is 13.2 Å². The minimum absolute atomic E-state index is 0.263. The molecule has 0 heterocycles. The van der Waals surface area contributed by atoms with Crippen LogP contribution in [0, 0.1) is 23.6 Å². The van der Waals surface area contributed by atoms with Gasteiger partial charge in [-0.1, -0.05) is 25.7 Å². The van der Waals surface area contributed by atoms with E-state index in [-0.39, 0.29) is 12.4 Å². The Labute approximate surface area is 95.6 Å². The summed E-state index contributed by atoms with van der Waals surface area (Å²) in [6.45, 7) is 4.90. The van der Waals surface area contributed by atoms with Gasteiger partial charge >= 0.3 is 0 Å². The van der Waals surface area contributed by atoms with Gasteiger partial charge in [0.2, 0.25) is 0 Å². The van der Waals surface area contributed by atoms with E-state index >= 15 is 0 Å². The molecule has 0 saturated heterocycles. The van der Waals surface area contributed by atoms with E-state index in [0.29, 0.717) is 23.8 Å². The number of hydrogen-bond acceptors (Lipinski definition) is 2. The molecule has 0 radical (unpaired) electrons. The van der Waals surface area contributed by atoms with Crippen LogP contribution in [0.5, 0.6) is 5.75 Å². The van der Waals surface area contributed by atoms with Gasteiger partial charge < -0.3 is 10.5 Å². The first kappa shape index (κ1) is 12.5. The van der Waals surface area contributed by atoms with Gasteiger partial charge in [0.15, 0.2) is 0 Å². The van der Waals surface area contributed by atoms with Crippen molar-refractivity contribution in [2.24, 2.45) is 11.7 Å². The second kappa shape index (κ2) is 6.14. The predicted molar refractivity (Wildman–Crippen MR) is 62.7 cm³/mol. The zero-order valence-corrected chi connectivity index (χ0v) is 9.59. The number of nitrogens with two attached hydrogens (primary N) is 1. The molecule has 86 valence electrons. The largest absolute Gasteiger partial charge is 0.493 e. The molecule has 0 aliphatic heterocycles. The van der Waals surface area contributed by atoms with Crippen LogP contribution in [0.4, 0.5) is 4.39 Å². The molecule has 1 rings (SSSR count). The summed E-state index contributed by atoms with van der Waals surface area (Å²) in [5.74, 6) is 6.03. The van der Waals surface area contributed by atoms with E-state index < -0.39 is 0 Å². The molecule has 0 amide bonds. The number of halogens is 1. The van der Waals surface area contributed by atoms with Gasteiger partial charge in [0.05, 0.1) is 13.2 Å². The third kappa shape index (κ3) is 4.33. The van der Waals surface area contributed by atoms with Crippen LogP contribution in [0.2, 0.25) is 0 Å². The zero-order valence-electron chi connectivity index (χ0n) is 9.59. The molecule has 0 saturated carbocycles. The highest BCUT2D eigenvalue weighted by Crippen LogP contribution is 2.16. The topological polar surface area (TPSA) is 35.2 Å². The van der Waals surface area contributed by atoms with Crippen molar-refractivity contribution in [1.29, 1.82) is 0 Å². The van der Waals surface area contributed by atoms with Crippen LogP contribution in [-0.2, 0) is 0 Å². The van der Waals surface area contributed by atoms with Gasteiger partial charge in [-0.15, -0.1) is 0 Å². The van der Waals surface area contributed by atoms with Crippen LogP contribution in [0.1, 0.15) is 19.4 Å². The van der Waals surface area contributed by atoms with Gasteiger partial charge in [-0.25, -0.2) is 4.39 Å². The first-order valence-corrected chi connectivity index (χ1v) is 5.24. The van der Waals surface area contributed by atoms with Crippen LogP contribution in [0.25, 0.3) is 0 Å². The Hall–Kier alpha value is -1.53. The molecule has 0 fully saturated rings. The zero-order chi connectivity index (χ0) is 12.0. The summed E-state index contributed by atoms with van der Waals surface area (Å²) in [4.78, 5) is 0. The Kier molecular flexibility index (Phi) is 4.81. The Morgan fingerprint density at radius 1 is 1.38 bits per heavy atom.